The summed E-state index contributed by atoms with van der Waals surface area (Å²) < 4.78 is 10.5. The normalized spacial score (nSPS) is 12.7. The molecule has 1 aromatic heterocycles. The average Bonchev–Trinajstić information content (AvgIpc) is 3.16. The number of nitrogens with zero attached hydrogens (tertiary/aromatic N) is 1. The van der Waals surface area contributed by atoms with Gasteiger partial charge in [0.05, 0.1) is 30.4 Å². The first-order chi connectivity index (χ1) is 13.1. The Morgan fingerprint density at radius 1 is 1.11 bits per heavy atom. The molecule has 0 fully saturated rings. The second kappa shape index (κ2) is 7.08. The van der Waals surface area contributed by atoms with Gasteiger partial charge < -0.3 is 14.8 Å². The number of halogens is 1. The number of methoxy groups -OCH3 is 2. The number of aromatic nitrogens is 1. The zero-order valence-electron chi connectivity index (χ0n) is 15.1. The van der Waals surface area contributed by atoms with Gasteiger partial charge in [0.25, 0.3) is 5.91 Å². The standard InChI is InChI=1S/C21H19ClN2O3/c1-26-13-7-9-17(19(11-13)27-2)24-21(25)12-6-8-15-18(10-12)23-16-5-3-4-14(16)20(15)22/h6-11H,3-5H2,1-2H3,(H,24,25). The highest BCUT2D eigenvalue weighted by Crippen LogP contribution is 2.34. The van der Waals surface area contributed by atoms with Crippen molar-refractivity contribution in [2.75, 3.05) is 19.5 Å². The van der Waals surface area contributed by atoms with Gasteiger partial charge in [-0.3, -0.25) is 9.78 Å². The number of anilines is 1. The van der Waals surface area contributed by atoms with Crippen molar-refractivity contribution in [2.45, 2.75) is 19.3 Å². The number of fused-ring (bicyclic) bond motifs is 2. The van der Waals surface area contributed by atoms with Gasteiger partial charge >= 0.3 is 0 Å². The summed E-state index contributed by atoms with van der Waals surface area (Å²) in [5.74, 6) is 0.949. The summed E-state index contributed by atoms with van der Waals surface area (Å²) in [6.07, 6.45) is 2.98. The SMILES string of the molecule is COc1ccc(NC(=O)c2ccc3c(Cl)c4c(nc3c2)CCC4)c(OC)c1. The zero-order chi connectivity index (χ0) is 19.0. The highest BCUT2D eigenvalue weighted by atomic mass is 35.5. The molecule has 0 saturated heterocycles. The second-order valence-corrected chi connectivity index (χ2v) is 6.83. The number of pyridine rings is 1. The van der Waals surface area contributed by atoms with E-state index in [1.54, 1.807) is 44.6 Å². The highest BCUT2D eigenvalue weighted by molar-refractivity contribution is 6.36. The van der Waals surface area contributed by atoms with Crippen LogP contribution in [0.1, 0.15) is 28.0 Å². The lowest BCUT2D eigenvalue weighted by Gasteiger charge is -2.12. The summed E-state index contributed by atoms with van der Waals surface area (Å²) in [6.45, 7) is 0. The summed E-state index contributed by atoms with van der Waals surface area (Å²) in [4.78, 5) is 17.5. The number of amides is 1. The van der Waals surface area contributed by atoms with Crippen molar-refractivity contribution < 1.29 is 14.3 Å². The molecule has 2 aromatic carbocycles. The van der Waals surface area contributed by atoms with E-state index in [0.29, 0.717) is 22.7 Å². The molecule has 3 aromatic rings. The predicted octanol–water partition coefficient (Wildman–Crippen LogP) is 4.65. The van der Waals surface area contributed by atoms with Crippen molar-refractivity contribution in [3.05, 3.63) is 58.2 Å². The van der Waals surface area contributed by atoms with Crippen molar-refractivity contribution >= 4 is 34.1 Å². The fourth-order valence-electron chi connectivity index (χ4n) is 3.44. The van der Waals surface area contributed by atoms with E-state index in [9.17, 15) is 4.79 Å². The van der Waals surface area contributed by atoms with Gasteiger partial charge in [-0.1, -0.05) is 17.7 Å². The average molecular weight is 383 g/mol. The van der Waals surface area contributed by atoms with Crippen LogP contribution in [-0.4, -0.2) is 25.1 Å². The van der Waals surface area contributed by atoms with Crippen molar-refractivity contribution in [1.29, 1.82) is 0 Å². The minimum Gasteiger partial charge on any atom is -0.497 e. The van der Waals surface area contributed by atoms with Gasteiger partial charge in [0.1, 0.15) is 11.5 Å². The van der Waals surface area contributed by atoms with Crippen LogP contribution in [0.5, 0.6) is 11.5 Å². The van der Waals surface area contributed by atoms with Crippen LogP contribution in [0, 0.1) is 0 Å². The van der Waals surface area contributed by atoms with Gasteiger partial charge in [-0.05, 0) is 49.1 Å². The molecule has 0 saturated carbocycles. The maximum absolute atomic E-state index is 12.7. The number of carbonyl (C=O) groups excluding carboxylic acids is 1. The summed E-state index contributed by atoms with van der Waals surface area (Å²) in [5.41, 5.74) is 4.02. The molecule has 1 heterocycles. The fraction of sp³-hybridized carbons (Fsp3) is 0.238. The van der Waals surface area contributed by atoms with Crippen molar-refractivity contribution in [3.8, 4) is 11.5 Å². The molecule has 0 unspecified atom stereocenters. The zero-order valence-corrected chi connectivity index (χ0v) is 15.9. The fourth-order valence-corrected chi connectivity index (χ4v) is 3.81. The Labute approximate surface area is 162 Å². The first kappa shape index (κ1) is 17.6. The molecule has 1 N–H and O–H groups in total. The van der Waals surface area contributed by atoms with Crippen LogP contribution >= 0.6 is 11.6 Å². The lowest BCUT2D eigenvalue weighted by Crippen LogP contribution is -2.12. The van der Waals surface area contributed by atoms with E-state index in [1.807, 2.05) is 6.07 Å². The number of nitrogens with one attached hydrogen (secondary N) is 1. The minimum absolute atomic E-state index is 0.237. The van der Waals surface area contributed by atoms with Gasteiger partial charge in [-0.25, -0.2) is 0 Å². The van der Waals surface area contributed by atoms with Crippen LogP contribution in [0.3, 0.4) is 0 Å². The van der Waals surface area contributed by atoms with Gasteiger partial charge in [0.15, 0.2) is 0 Å². The van der Waals surface area contributed by atoms with E-state index in [0.717, 1.165) is 46.4 Å². The number of benzene rings is 2. The quantitative estimate of drug-likeness (QED) is 0.713. The van der Waals surface area contributed by atoms with Crippen LogP contribution in [-0.2, 0) is 12.8 Å². The smallest absolute Gasteiger partial charge is 0.255 e. The minimum atomic E-state index is -0.237. The third-order valence-corrected chi connectivity index (χ3v) is 5.29. The lowest BCUT2D eigenvalue weighted by atomic mass is 10.1. The summed E-state index contributed by atoms with van der Waals surface area (Å²) in [5, 5.41) is 4.53. The first-order valence-corrected chi connectivity index (χ1v) is 9.13. The molecular formula is C21H19ClN2O3. The van der Waals surface area contributed by atoms with Crippen LogP contribution < -0.4 is 14.8 Å². The third kappa shape index (κ3) is 3.19. The molecule has 0 aliphatic heterocycles. The van der Waals surface area contributed by atoms with Gasteiger partial charge in [-0.2, -0.15) is 0 Å². The Balaban J connectivity index is 1.66. The molecule has 5 nitrogen and oxygen atoms in total. The Hall–Kier alpha value is -2.79. The Morgan fingerprint density at radius 2 is 1.96 bits per heavy atom. The Bertz CT molecular complexity index is 1050. The Kier molecular flexibility index (Phi) is 4.62. The highest BCUT2D eigenvalue weighted by Gasteiger charge is 2.19. The van der Waals surface area contributed by atoms with E-state index in [1.165, 1.54) is 0 Å². The first-order valence-electron chi connectivity index (χ1n) is 8.75. The molecule has 0 radical (unpaired) electrons. The topological polar surface area (TPSA) is 60.5 Å². The van der Waals surface area contributed by atoms with E-state index < -0.39 is 0 Å². The van der Waals surface area contributed by atoms with Gasteiger partial charge in [-0.15, -0.1) is 0 Å². The van der Waals surface area contributed by atoms with Crippen molar-refractivity contribution in [2.24, 2.45) is 0 Å². The van der Waals surface area contributed by atoms with E-state index >= 15 is 0 Å². The molecule has 0 bridgehead atoms. The monoisotopic (exact) mass is 382 g/mol. The van der Waals surface area contributed by atoms with E-state index in [-0.39, 0.29) is 5.91 Å². The molecule has 1 aliphatic rings. The predicted molar refractivity (Wildman–Crippen MR) is 106 cm³/mol. The lowest BCUT2D eigenvalue weighted by molar-refractivity contribution is 0.102. The number of rotatable bonds is 4. The van der Waals surface area contributed by atoms with E-state index in [2.05, 4.69) is 5.32 Å². The largest absolute Gasteiger partial charge is 0.497 e. The molecule has 138 valence electrons. The number of aryl methyl sites for hydroxylation is 1. The second-order valence-electron chi connectivity index (χ2n) is 6.46. The summed E-state index contributed by atoms with van der Waals surface area (Å²) >= 11 is 6.55. The molecule has 6 heteroatoms. The van der Waals surface area contributed by atoms with E-state index in [4.69, 9.17) is 26.1 Å². The molecule has 0 atom stereocenters. The summed E-state index contributed by atoms with van der Waals surface area (Å²) in [6, 6.07) is 10.7. The number of hydrogen-bond donors (Lipinski definition) is 1. The Morgan fingerprint density at radius 3 is 2.74 bits per heavy atom. The van der Waals surface area contributed by atoms with Crippen LogP contribution in [0.15, 0.2) is 36.4 Å². The third-order valence-electron chi connectivity index (χ3n) is 4.86. The number of ether oxygens (including phenoxy) is 2. The van der Waals surface area contributed by atoms with Crippen molar-refractivity contribution in [1.82, 2.24) is 4.98 Å². The summed E-state index contributed by atoms with van der Waals surface area (Å²) in [7, 11) is 3.13. The van der Waals surface area contributed by atoms with Crippen molar-refractivity contribution in [3.63, 3.8) is 0 Å². The molecular weight excluding hydrogens is 364 g/mol. The van der Waals surface area contributed by atoms with Gasteiger partial charge in [0, 0.05) is 22.7 Å². The molecule has 0 spiro atoms. The molecule has 4 rings (SSSR count). The maximum atomic E-state index is 12.7. The van der Waals surface area contributed by atoms with Gasteiger partial charge in [0.2, 0.25) is 0 Å². The molecule has 27 heavy (non-hydrogen) atoms. The maximum Gasteiger partial charge on any atom is 0.255 e. The molecule has 1 amide bonds. The molecule has 1 aliphatic carbocycles. The number of hydrogen-bond acceptors (Lipinski definition) is 4. The van der Waals surface area contributed by atoms with Crippen LogP contribution in [0.2, 0.25) is 5.02 Å². The van der Waals surface area contributed by atoms with Crippen LogP contribution in [0.4, 0.5) is 5.69 Å². The van der Waals surface area contributed by atoms with Crippen LogP contribution in [0.25, 0.3) is 10.9 Å². The number of carbonyl (C=O) groups is 1.